The van der Waals surface area contributed by atoms with Gasteiger partial charge in [-0.3, -0.25) is 0 Å². The second-order valence-corrected chi connectivity index (χ2v) is 5.37. The molecule has 0 aliphatic carbocycles. The highest BCUT2D eigenvalue weighted by molar-refractivity contribution is 8.21. The Morgan fingerprint density at radius 2 is 2.27 bits per heavy atom. The molecule has 1 heterocycles. The molecule has 60 valence electrons. The SMILES string of the molecule is C=C(c1cccs1)S(=O)(=O)Cl. The molecule has 0 bridgehead atoms. The van der Waals surface area contributed by atoms with Crippen LogP contribution in [0.1, 0.15) is 4.88 Å². The lowest BCUT2D eigenvalue weighted by atomic mass is 10.5. The van der Waals surface area contributed by atoms with Crippen molar-refractivity contribution in [3.8, 4) is 0 Å². The van der Waals surface area contributed by atoms with E-state index in [1.807, 2.05) is 0 Å². The Kier molecular flexibility index (Phi) is 2.37. The number of thiophene rings is 1. The van der Waals surface area contributed by atoms with Gasteiger partial charge in [-0.15, -0.1) is 11.3 Å². The van der Waals surface area contributed by atoms with Gasteiger partial charge in [0.05, 0.1) is 4.91 Å². The first-order chi connectivity index (χ1) is 5.02. The Balaban J connectivity index is 3.07. The second kappa shape index (κ2) is 2.97. The van der Waals surface area contributed by atoms with E-state index >= 15 is 0 Å². The second-order valence-electron chi connectivity index (χ2n) is 1.84. The predicted octanol–water partition coefficient (Wildman–Crippen LogP) is 2.29. The zero-order valence-corrected chi connectivity index (χ0v) is 7.84. The van der Waals surface area contributed by atoms with Gasteiger partial charge < -0.3 is 0 Å². The normalized spacial score (nSPS) is 11.4. The maximum Gasteiger partial charge on any atom is 0.262 e. The number of halogens is 1. The zero-order chi connectivity index (χ0) is 8.48. The van der Waals surface area contributed by atoms with Crippen molar-refractivity contribution in [3.63, 3.8) is 0 Å². The molecule has 0 saturated heterocycles. The third-order valence-electron chi connectivity index (χ3n) is 1.09. The van der Waals surface area contributed by atoms with Crippen molar-refractivity contribution < 1.29 is 8.42 Å². The van der Waals surface area contributed by atoms with Crippen molar-refractivity contribution in [2.24, 2.45) is 0 Å². The summed E-state index contributed by atoms with van der Waals surface area (Å²) in [5.41, 5.74) is 0. The standard InChI is InChI=1S/C6H5ClO2S2/c1-5(11(7,8)9)6-3-2-4-10-6/h2-4H,1H2. The third-order valence-corrected chi connectivity index (χ3v) is 3.52. The van der Waals surface area contributed by atoms with Gasteiger partial charge in [-0.25, -0.2) is 8.42 Å². The molecule has 1 aromatic heterocycles. The summed E-state index contributed by atoms with van der Waals surface area (Å²) in [6.45, 7) is 3.36. The Morgan fingerprint density at radius 3 is 2.64 bits per heavy atom. The molecule has 0 spiro atoms. The minimum Gasteiger partial charge on any atom is -0.207 e. The van der Waals surface area contributed by atoms with Gasteiger partial charge in [0.2, 0.25) is 0 Å². The molecule has 0 aromatic carbocycles. The van der Waals surface area contributed by atoms with Crippen molar-refractivity contribution in [3.05, 3.63) is 29.0 Å². The maximum atomic E-state index is 10.7. The highest BCUT2D eigenvalue weighted by Gasteiger charge is 2.13. The topological polar surface area (TPSA) is 34.1 Å². The largest absolute Gasteiger partial charge is 0.262 e. The molecule has 5 heteroatoms. The van der Waals surface area contributed by atoms with E-state index in [0.717, 1.165) is 0 Å². The summed E-state index contributed by atoms with van der Waals surface area (Å²) in [6.07, 6.45) is 0. The molecule has 0 fully saturated rings. The summed E-state index contributed by atoms with van der Waals surface area (Å²) in [7, 11) is 1.42. The quantitative estimate of drug-likeness (QED) is 0.699. The molecule has 0 amide bonds. The van der Waals surface area contributed by atoms with E-state index in [4.69, 9.17) is 10.7 Å². The molecule has 1 rings (SSSR count). The smallest absolute Gasteiger partial charge is 0.207 e. The van der Waals surface area contributed by atoms with Crippen LogP contribution in [0.25, 0.3) is 4.91 Å². The first kappa shape index (κ1) is 8.77. The van der Waals surface area contributed by atoms with Crippen LogP contribution in [0.5, 0.6) is 0 Å². The van der Waals surface area contributed by atoms with Crippen LogP contribution in [-0.2, 0) is 9.05 Å². The van der Waals surface area contributed by atoms with Crippen LogP contribution in [0.15, 0.2) is 24.1 Å². The summed E-state index contributed by atoms with van der Waals surface area (Å²) in [6, 6.07) is 3.40. The molecule has 1 aromatic rings. The Hall–Kier alpha value is -0.320. The van der Waals surface area contributed by atoms with Crippen LogP contribution in [0.3, 0.4) is 0 Å². The number of hydrogen-bond donors (Lipinski definition) is 0. The van der Waals surface area contributed by atoms with Gasteiger partial charge in [0.1, 0.15) is 0 Å². The maximum absolute atomic E-state index is 10.7. The van der Waals surface area contributed by atoms with Gasteiger partial charge in [-0.05, 0) is 11.4 Å². The third kappa shape index (κ3) is 2.05. The average molecular weight is 209 g/mol. The Bertz CT molecular complexity index is 350. The van der Waals surface area contributed by atoms with E-state index in [1.54, 1.807) is 17.5 Å². The van der Waals surface area contributed by atoms with E-state index in [0.29, 0.717) is 4.88 Å². The minimum atomic E-state index is -3.64. The Morgan fingerprint density at radius 1 is 1.64 bits per heavy atom. The molecule has 0 saturated carbocycles. The fraction of sp³-hybridized carbons (Fsp3) is 0. The van der Waals surface area contributed by atoms with E-state index in [2.05, 4.69) is 6.58 Å². The zero-order valence-electron chi connectivity index (χ0n) is 5.45. The molecule has 0 atom stereocenters. The lowest BCUT2D eigenvalue weighted by Crippen LogP contribution is -1.89. The predicted molar refractivity (Wildman–Crippen MR) is 48.1 cm³/mol. The summed E-state index contributed by atoms with van der Waals surface area (Å²) in [5.74, 6) is 0. The Labute approximate surface area is 73.5 Å². The van der Waals surface area contributed by atoms with Crippen LogP contribution in [0.4, 0.5) is 0 Å². The van der Waals surface area contributed by atoms with Crippen LogP contribution in [0.2, 0.25) is 0 Å². The van der Waals surface area contributed by atoms with Crippen molar-refractivity contribution in [1.29, 1.82) is 0 Å². The molecule has 2 nitrogen and oxygen atoms in total. The van der Waals surface area contributed by atoms with Crippen LogP contribution in [-0.4, -0.2) is 8.42 Å². The molecule has 11 heavy (non-hydrogen) atoms. The number of rotatable bonds is 2. The van der Waals surface area contributed by atoms with Crippen LogP contribution < -0.4 is 0 Å². The van der Waals surface area contributed by atoms with E-state index in [-0.39, 0.29) is 4.91 Å². The van der Waals surface area contributed by atoms with E-state index in [1.165, 1.54) is 11.3 Å². The average Bonchev–Trinajstić information content (AvgIpc) is 2.34. The minimum absolute atomic E-state index is 0.0332. The van der Waals surface area contributed by atoms with Crippen molar-refractivity contribution in [2.75, 3.05) is 0 Å². The fourth-order valence-corrected chi connectivity index (χ4v) is 2.32. The highest BCUT2D eigenvalue weighted by atomic mass is 35.7. The molecule has 0 aliphatic heterocycles. The summed E-state index contributed by atoms with van der Waals surface area (Å²) in [5, 5.41) is 1.77. The van der Waals surface area contributed by atoms with E-state index < -0.39 is 9.05 Å². The fourth-order valence-electron chi connectivity index (χ4n) is 0.557. The number of hydrogen-bond acceptors (Lipinski definition) is 3. The van der Waals surface area contributed by atoms with Gasteiger partial charge >= 0.3 is 0 Å². The van der Waals surface area contributed by atoms with Gasteiger partial charge in [0, 0.05) is 15.6 Å². The van der Waals surface area contributed by atoms with Crippen LogP contribution >= 0.6 is 22.0 Å². The van der Waals surface area contributed by atoms with Gasteiger partial charge in [0.15, 0.2) is 0 Å². The summed E-state index contributed by atoms with van der Waals surface area (Å²) in [4.78, 5) is 0.550. The molecule has 0 aliphatic rings. The molecule has 0 radical (unpaired) electrons. The molecule has 0 N–H and O–H groups in total. The first-order valence-corrected chi connectivity index (χ1v) is 5.88. The summed E-state index contributed by atoms with van der Waals surface area (Å²) >= 11 is 1.29. The first-order valence-electron chi connectivity index (χ1n) is 2.69. The van der Waals surface area contributed by atoms with Crippen LogP contribution in [0, 0.1) is 0 Å². The molecular weight excluding hydrogens is 204 g/mol. The summed E-state index contributed by atoms with van der Waals surface area (Å²) < 4.78 is 21.4. The lowest BCUT2D eigenvalue weighted by molar-refractivity contribution is 0.618. The molecular formula is C6H5ClO2S2. The van der Waals surface area contributed by atoms with Crippen molar-refractivity contribution in [2.45, 2.75) is 0 Å². The monoisotopic (exact) mass is 208 g/mol. The van der Waals surface area contributed by atoms with Crippen molar-refractivity contribution >= 4 is 36.0 Å². The van der Waals surface area contributed by atoms with Crippen molar-refractivity contribution in [1.82, 2.24) is 0 Å². The molecule has 0 unspecified atom stereocenters. The highest BCUT2D eigenvalue weighted by Crippen LogP contribution is 2.25. The van der Waals surface area contributed by atoms with Gasteiger partial charge in [-0.2, -0.15) is 0 Å². The lowest BCUT2D eigenvalue weighted by Gasteiger charge is -1.94. The van der Waals surface area contributed by atoms with Gasteiger partial charge in [-0.1, -0.05) is 12.6 Å². The van der Waals surface area contributed by atoms with E-state index in [9.17, 15) is 8.42 Å². The van der Waals surface area contributed by atoms with Gasteiger partial charge in [0.25, 0.3) is 9.05 Å².